The van der Waals surface area contributed by atoms with Crippen LogP contribution >= 0.6 is 0 Å². The number of hydrogen-bond donors (Lipinski definition) is 1. The number of para-hydroxylation sites is 1. The number of piperidine rings is 1. The van der Waals surface area contributed by atoms with E-state index in [0.29, 0.717) is 23.8 Å². The molecule has 0 spiro atoms. The highest BCUT2D eigenvalue weighted by Crippen LogP contribution is 2.22. The fraction of sp³-hybridized carbons (Fsp3) is 0.333. The van der Waals surface area contributed by atoms with E-state index in [-0.39, 0.29) is 11.8 Å². The normalized spacial score (nSPS) is 14.8. The highest BCUT2D eigenvalue weighted by Gasteiger charge is 2.23. The first-order valence-electron chi connectivity index (χ1n) is 10.2. The molecule has 0 aliphatic carbocycles. The molecule has 0 unspecified atom stereocenters. The molecular formula is C24H28N2O3. The molecule has 152 valence electrons. The van der Waals surface area contributed by atoms with Crippen LogP contribution in [0.25, 0.3) is 6.08 Å². The van der Waals surface area contributed by atoms with Crippen LogP contribution in [0.4, 0.5) is 5.69 Å². The maximum Gasteiger partial charge on any atom is 0.255 e. The third-order valence-corrected chi connectivity index (χ3v) is 5.10. The van der Waals surface area contributed by atoms with Gasteiger partial charge in [-0.2, -0.15) is 0 Å². The van der Waals surface area contributed by atoms with E-state index in [1.807, 2.05) is 48.2 Å². The molecule has 2 aromatic carbocycles. The Bertz CT molecular complexity index is 866. The van der Waals surface area contributed by atoms with E-state index in [4.69, 9.17) is 4.74 Å². The predicted molar refractivity (Wildman–Crippen MR) is 116 cm³/mol. The van der Waals surface area contributed by atoms with Gasteiger partial charge in [-0.05, 0) is 61.6 Å². The van der Waals surface area contributed by atoms with Gasteiger partial charge in [0, 0.05) is 19.2 Å². The van der Waals surface area contributed by atoms with Crippen molar-refractivity contribution >= 4 is 23.6 Å². The van der Waals surface area contributed by atoms with Gasteiger partial charge in [-0.1, -0.05) is 31.2 Å². The molecule has 1 heterocycles. The molecule has 1 N–H and O–H groups in total. The Labute approximate surface area is 172 Å². The number of rotatable bonds is 6. The number of amides is 2. The summed E-state index contributed by atoms with van der Waals surface area (Å²) in [4.78, 5) is 27.2. The summed E-state index contributed by atoms with van der Waals surface area (Å²) in [5, 5.41) is 2.84. The number of benzene rings is 2. The predicted octanol–water partition coefficient (Wildman–Crippen LogP) is 4.61. The molecule has 0 saturated carbocycles. The summed E-state index contributed by atoms with van der Waals surface area (Å²) in [7, 11) is 0. The van der Waals surface area contributed by atoms with Gasteiger partial charge in [0.05, 0.1) is 17.9 Å². The van der Waals surface area contributed by atoms with Gasteiger partial charge in [-0.15, -0.1) is 0 Å². The number of likely N-dealkylation sites (tertiary alicyclic amines) is 1. The van der Waals surface area contributed by atoms with Crippen molar-refractivity contribution in [3.63, 3.8) is 0 Å². The SMILES string of the molecule is CCOc1ccc(/C=C/C(=O)Nc2ccccc2C(=O)N2CCC(C)CC2)cc1. The lowest BCUT2D eigenvalue weighted by molar-refractivity contribution is -0.111. The van der Waals surface area contributed by atoms with Crippen molar-refractivity contribution in [2.75, 3.05) is 25.0 Å². The number of anilines is 1. The first kappa shape index (κ1) is 20.6. The molecule has 5 nitrogen and oxygen atoms in total. The topological polar surface area (TPSA) is 58.6 Å². The van der Waals surface area contributed by atoms with Gasteiger partial charge < -0.3 is 15.0 Å². The summed E-state index contributed by atoms with van der Waals surface area (Å²) in [6.45, 7) is 6.30. The lowest BCUT2D eigenvalue weighted by Gasteiger charge is -2.30. The minimum Gasteiger partial charge on any atom is -0.494 e. The smallest absolute Gasteiger partial charge is 0.255 e. The van der Waals surface area contributed by atoms with Crippen LogP contribution < -0.4 is 10.1 Å². The third-order valence-electron chi connectivity index (χ3n) is 5.10. The second-order valence-corrected chi connectivity index (χ2v) is 7.34. The molecule has 1 saturated heterocycles. The van der Waals surface area contributed by atoms with E-state index in [1.54, 1.807) is 18.2 Å². The molecule has 1 aliphatic rings. The van der Waals surface area contributed by atoms with E-state index in [2.05, 4.69) is 12.2 Å². The minimum atomic E-state index is -0.272. The fourth-order valence-electron chi connectivity index (χ4n) is 3.35. The zero-order chi connectivity index (χ0) is 20.6. The van der Waals surface area contributed by atoms with E-state index in [1.165, 1.54) is 6.08 Å². The first-order valence-corrected chi connectivity index (χ1v) is 10.2. The van der Waals surface area contributed by atoms with Crippen LogP contribution in [0.5, 0.6) is 5.75 Å². The van der Waals surface area contributed by atoms with Crippen LogP contribution in [0.3, 0.4) is 0 Å². The minimum absolute atomic E-state index is 0.0247. The number of carbonyl (C=O) groups is 2. The van der Waals surface area contributed by atoms with Gasteiger partial charge in [0.25, 0.3) is 5.91 Å². The maximum atomic E-state index is 12.9. The largest absolute Gasteiger partial charge is 0.494 e. The van der Waals surface area contributed by atoms with E-state index in [0.717, 1.165) is 37.2 Å². The second kappa shape index (κ2) is 9.92. The van der Waals surface area contributed by atoms with Gasteiger partial charge in [0.2, 0.25) is 5.91 Å². The molecule has 29 heavy (non-hydrogen) atoms. The third kappa shape index (κ3) is 5.70. The van der Waals surface area contributed by atoms with Crippen molar-refractivity contribution in [3.8, 4) is 5.75 Å². The summed E-state index contributed by atoms with van der Waals surface area (Å²) in [6.07, 6.45) is 5.25. The van der Waals surface area contributed by atoms with Crippen LogP contribution in [-0.4, -0.2) is 36.4 Å². The number of carbonyl (C=O) groups excluding carboxylic acids is 2. The van der Waals surface area contributed by atoms with Gasteiger partial charge in [-0.3, -0.25) is 9.59 Å². The van der Waals surface area contributed by atoms with Gasteiger partial charge >= 0.3 is 0 Å². The Kier molecular flexibility index (Phi) is 7.06. The van der Waals surface area contributed by atoms with Crippen molar-refractivity contribution < 1.29 is 14.3 Å². The van der Waals surface area contributed by atoms with E-state index in [9.17, 15) is 9.59 Å². The van der Waals surface area contributed by atoms with Crippen molar-refractivity contribution in [2.24, 2.45) is 5.92 Å². The van der Waals surface area contributed by atoms with Crippen LogP contribution in [0.15, 0.2) is 54.6 Å². The number of ether oxygens (including phenoxy) is 1. The number of hydrogen-bond acceptors (Lipinski definition) is 3. The molecule has 3 rings (SSSR count). The summed E-state index contributed by atoms with van der Waals surface area (Å²) < 4.78 is 5.42. The zero-order valence-corrected chi connectivity index (χ0v) is 17.1. The van der Waals surface area contributed by atoms with Gasteiger partial charge in [-0.25, -0.2) is 0 Å². The van der Waals surface area contributed by atoms with E-state index >= 15 is 0 Å². The van der Waals surface area contributed by atoms with Crippen LogP contribution in [0.2, 0.25) is 0 Å². The van der Waals surface area contributed by atoms with Crippen molar-refractivity contribution in [2.45, 2.75) is 26.7 Å². The molecule has 0 atom stereocenters. The van der Waals surface area contributed by atoms with Crippen LogP contribution in [0.1, 0.15) is 42.6 Å². The Morgan fingerprint density at radius 2 is 1.79 bits per heavy atom. The monoisotopic (exact) mass is 392 g/mol. The highest BCUT2D eigenvalue weighted by atomic mass is 16.5. The molecule has 0 radical (unpaired) electrons. The Balaban J connectivity index is 1.65. The quantitative estimate of drug-likeness (QED) is 0.731. The average Bonchev–Trinajstić information content (AvgIpc) is 2.74. The molecule has 0 aromatic heterocycles. The number of nitrogens with one attached hydrogen (secondary N) is 1. The molecule has 2 amide bonds. The molecule has 2 aromatic rings. The first-order chi connectivity index (χ1) is 14.1. The van der Waals surface area contributed by atoms with E-state index < -0.39 is 0 Å². The summed E-state index contributed by atoms with van der Waals surface area (Å²) in [5.41, 5.74) is 1.97. The van der Waals surface area contributed by atoms with Crippen LogP contribution in [-0.2, 0) is 4.79 Å². The van der Waals surface area contributed by atoms with Gasteiger partial charge in [0.1, 0.15) is 5.75 Å². The highest BCUT2D eigenvalue weighted by molar-refractivity contribution is 6.07. The lowest BCUT2D eigenvalue weighted by Crippen LogP contribution is -2.38. The second-order valence-electron chi connectivity index (χ2n) is 7.34. The zero-order valence-electron chi connectivity index (χ0n) is 17.1. The lowest BCUT2D eigenvalue weighted by atomic mass is 9.98. The van der Waals surface area contributed by atoms with Crippen LogP contribution in [0, 0.1) is 5.92 Å². The standard InChI is InChI=1S/C24H28N2O3/c1-3-29-20-11-8-19(9-12-20)10-13-23(27)25-22-7-5-4-6-21(22)24(28)26-16-14-18(2)15-17-26/h4-13,18H,3,14-17H2,1-2H3,(H,25,27)/b13-10+. The Hall–Kier alpha value is -3.08. The van der Waals surface area contributed by atoms with Crippen molar-refractivity contribution in [3.05, 3.63) is 65.7 Å². The summed E-state index contributed by atoms with van der Waals surface area (Å²) >= 11 is 0. The average molecular weight is 392 g/mol. The Morgan fingerprint density at radius 1 is 1.10 bits per heavy atom. The molecule has 0 bridgehead atoms. The molecule has 1 aliphatic heterocycles. The Morgan fingerprint density at radius 3 is 2.48 bits per heavy atom. The summed E-state index contributed by atoms with van der Waals surface area (Å²) in [6, 6.07) is 14.7. The maximum absolute atomic E-state index is 12.9. The molecule has 1 fully saturated rings. The summed E-state index contributed by atoms with van der Waals surface area (Å²) in [5.74, 6) is 1.16. The van der Waals surface area contributed by atoms with Crippen molar-refractivity contribution in [1.82, 2.24) is 4.90 Å². The van der Waals surface area contributed by atoms with Gasteiger partial charge in [0.15, 0.2) is 0 Å². The fourth-order valence-corrected chi connectivity index (χ4v) is 3.35. The number of nitrogens with zero attached hydrogens (tertiary/aromatic N) is 1. The molecular weight excluding hydrogens is 364 g/mol. The molecule has 5 heteroatoms. The van der Waals surface area contributed by atoms with Crippen molar-refractivity contribution in [1.29, 1.82) is 0 Å².